The van der Waals surface area contributed by atoms with E-state index in [1.165, 1.54) is 12.1 Å². The minimum absolute atomic E-state index is 0.149. The topological polar surface area (TPSA) is 62.2 Å². The summed E-state index contributed by atoms with van der Waals surface area (Å²) >= 11 is 6.12. The normalized spacial score (nSPS) is 10.5. The van der Waals surface area contributed by atoms with Crippen LogP contribution in [0.25, 0.3) is 10.8 Å². The second-order valence-electron chi connectivity index (χ2n) is 4.51. The Kier molecular flexibility index (Phi) is 3.46. The molecule has 2 aromatic carbocycles. The van der Waals surface area contributed by atoms with Crippen molar-refractivity contribution in [2.45, 2.75) is 0 Å². The van der Waals surface area contributed by atoms with Crippen LogP contribution in [0.5, 0.6) is 0 Å². The second kappa shape index (κ2) is 5.42. The van der Waals surface area contributed by atoms with Gasteiger partial charge in [-0.1, -0.05) is 35.9 Å². The number of aromatic nitrogens is 1. The molecule has 104 valence electrons. The zero-order valence-electron chi connectivity index (χ0n) is 10.9. The first-order valence-electron chi connectivity index (χ1n) is 6.29. The van der Waals surface area contributed by atoms with Gasteiger partial charge >= 0.3 is 5.97 Å². The van der Waals surface area contributed by atoms with Crippen molar-refractivity contribution in [2.75, 3.05) is 5.32 Å². The molecule has 3 aromatic rings. The lowest BCUT2D eigenvalue weighted by Crippen LogP contribution is -1.99. The third-order valence-electron chi connectivity index (χ3n) is 3.14. The van der Waals surface area contributed by atoms with E-state index in [0.717, 1.165) is 10.8 Å². The number of fused-ring (bicyclic) bond motifs is 1. The molecule has 4 nitrogen and oxygen atoms in total. The maximum absolute atomic E-state index is 10.9. The van der Waals surface area contributed by atoms with Crippen LogP contribution in [0.1, 0.15) is 10.4 Å². The van der Waals surface area contributed by atoms with Crippen LogP contribution in [0.15, 0.2) is 54.7 Å². The third-order valence-corrected chi connectivity index (χ3v) is 3.46. The molecular formula is C16H11ClN2O2. The SMILES string of the molecule is O=C(O)c1ccc(Nc2nccc3ccccc23)c(Cl)c1. The highest BCUT2D eigenvalue weighted by Gasteiger charge is 2.09. The van der Waals surface area contributed by atoms with Gasteiger partial charge in [0.15, 0.2) is 0 Å². The van der Waals surface area contributed by atoms with Crippen molar-refractivity contribution in [3.63, 3.8) is 0 Å². The number of nitrogens with zero attached hydrogens (tertiary/aromatic N) is 1. The zero-order valence-corrected chi connectivity index (χ0v) is 11.6. The molecule has 21 heavy (non-hydrogen) atoms. The highest BCUT2D eigenvalue weighted by atomic mass is 35.5. The molecule has 5 heteroatoms. The van der Waals surface area contributed by atoms with E-state index in [1.54, 1.807) is 12.3 Å². The average Bonchev–Trinajstić information content (AvgIpc) is 2.49. The van der Waals surface area contributed by atoms with Crippen LogP contribution in [0.3, 0.4) is 0 Å². The lowest BCUT2D eigenvalue weighted by atomic mass is 10.1. The highest BCUT2D eigenvalue weighted by molar-refractivity contribution is 6.33. The molecule has 0 amide bonds. The van der Waals surface area contributed by atoms with Gasteiger partial charge in [0.05, 0.1) is 16.3 Å². The summed E-state index contributed by atoms with van der Waals surface area (Å²) in [6.07, 6.45) is 1.71. The summed E-state index contributed by atoms with van der Waals surface area (Å²) in [5, 5.41) is 14.5. The third kappa shape index (κ3) is 2.66. The number of rotatable bonds is 3. The maximum atomic E-state index is 10.9. The van der Waals surface area contributed by atoms with Crippen LogP contribution >= 0.6 is 11.6 Å². The number of nitrogens with one attached hydrogen (secondary N) is 1. The molecule has 0 fully saturated rings. The summed E-state index contributed by atoms with van der Waals surface area (Å²) in [6.45, 7) is 0. The smallest absolute Gasteiger partial charge is 0.335 e. The molecule has 0 atom stereocenters. The molecule has 0 aliphatic rings. The van der Waals surface area contributed by atoms with E-state index >= 15 is 0 Å². The van der Waals surface area contributed by atoms with Crippen LogP contribution in [0.4, 0.5) is 11.5 Å². The molecule has 3 rings (SSSR count). The number of anilines is 2. The van der Waals surface area contributed by atoms with Crippen molar-refractivity contribution in [1.82, 2.24) is 4.98 Å². The first-order chi connectivity index (χ1) is 10.1. The van der Waals surface area contributed by atoms with E-state index in [0.29, 0.717) is 16.5 Å². The van der Waals surface area contributed by atoms with Crippen molar-refractivity contribution in [3.05, 3.63) is 65.3 Å². The Morgan fingerprint density at radius 1 is 1.14 bits per heavy atom. The Bertz CT molecular complexity index is 828. The molecule has 0 saturated heterocycles. The van der Waals surface area contributed by atoms with Gasteiger partial charge in [0.25, 0.3) is 0 Å². The number of carboxylic acid groups (broad SMARTS) is 1. The quantitative estimate of drug-likeness (QED) is 0.755. The average molecular weight is 299 g/mol. The van der Waals surface area contributed by atoms with E-state index in [2.05, 4.69) is 10.3 Å². The van der Waals surface area contributed by atoms with E-state index in [4.69, 9.17) is 16.7 Å². The fourth-order valence-electron chi connectivity index (χ4n) is 2.10. The lowest BCUT2D eigenvalue weighted by Gasteiger charge is -2.10. The van der Waals surface area contributed by atoms with Gasteiger partial charge in [-0.15, -0.1) is 0 Å². The van der Waals surface area contributed by atoms with Gasteiger partial charge in [-0.25, -0.2) is 9.78 Å². The molecular weight excluding hydrogens is 288 g/mol. The molecule has 0 spiro atoms. The number of hydrogen-bond donors (Lipinski definition) is 2. The predicted octanol–water partition coefficient (Wildman–Crippen LogP) is 4.33. The minimum atomic E-state index is -1.01. The predicted molar refractivity (Wildman–Crippen MR) is 83.4 cm³/mol. The van der Waals surface area contributed by atoms with Crippen LogP contribution in [-0.4, -0.2) is 16.1 Å². The number of carboxylic acids is 1. The van der Waals surface area contributed by atoms with Crippen molar-refractivity contribution in [3.8, 4) is 0 Å². The Morgan fingerprint density at radius 3 is 2.71 bits per heavy atom. The molecule has 0 unspecified atom stereocenters. The van der Waals surface area contributed by atoms with Gasteiger partial charge < -0.3 is 10.4 Å². The van der Waals surface area contributed by atoms with Gasteiger partial charge in [0, 0.05) is 11.6 Å². The fraction of sp³-hybridized carbons (Fsp3) is 0. The van der Waals surface area contributed by atoms with Crippen molar-refractivity contribution in [2.24, 2.45) is 0 Å². The monoisotopic (exact) mass is 298 g/mol. The minimum Gasteiger partial charge on any atom is -0.478 e. The summed E-state index contributed by atoms with van der Waals surface area (Å²) in [6, 6.07) is 14.3. The Labute approximate surface area is 126 Å². The van der Waals surface area contributed by atoms with Gasteiger partial charge in [-0.05, 0) is 29.7 Å². The number of pyridine rings is 1. The Balaban J connectivity index is 2.01. The van der Waals surface area contributed by atoms with Crippen molar-refractivity contribution < 1.29 is 9.90 Å². The Hall–Kier alpha value is -2.59. The summed E-state index contributed by atoms with van der Waals surface area (Å²) in [7, 11) is 0. The first kappa shape index (κ1) is 13.4. The number of aromatic carboxylic acids is 1. The lowest BCUT2D eigenvalue weighted by molar-refractivity contribution is 0.0697. The van der Waals surface area contributed by atoms with E-state index < -0.39 is 5.97 Å². The molecule has 0 saturated carbocycles. The number of hydrogen-bond acceptors (Lipinski definition) is 3. The summed E-state index contributed by atoms with van der Waals surface area (Å²) in [5.41, 5.74) is 0.766. The van der Waals surface area contributed by atoms with Crippen LogP contribution < -0.4 is 5.32 Å². The maximum Gasteiger partial charge on any atom is 0.335 e. The van der Waals surface area contributed by atoms with Gasteiger partial charge in [0.1, 0.15) is 5.82 Å². The van der Waals surface area contributed by atoms with Gasteiger partial charge in [-0.3, -0.25) is 0 Å². The fourth-order valence-corrected chi connectivity index (χ4v) is 2.32. The van der Waals surface area contributed by atoms with Crippen molar-refractivity contribution in [1.29, 1.82) is 0 Å². The second-order valence-corrected chi connectivity index (χ2v) is 4.91. The van der Waals surface area contributed by atoms with E-state index in [1.807, 2.05) is 30.3 Å². The number of benzene rings is 2. The first-order valence-corrected chi connectivity index (χ1v) is 6.66. The number of carbonyl (C=O) groups is 1. The van der Waals surface area contributed by atoms with Crippen LogP contribution in [-0.2, 0) is 0 Å². The van der Waals surface area contributed by atoms with Gasteiger partial charge in [0.2, 0.25) is 0 Å². The van der Waals surface area contributed by atoms with Crippen molar-refractivity contribution >= 4 is 39.8 Å². The van der Waals surface area contributed by atoms with E-state index in [9.17, 15) is 4.79 Å². The molecule has 2 N–H and O–H groups in total. The molecule has 0 bridgehead atoms. The molecule has 0 aliphatic carbocycles. The Morgan fingerprint density at radius 2 is 1.95 bits per heavy atom. The van der Waals surface area contributed by atoms with Crippen LogP contribution in [0.2, 0.25) is 5.02 Å². The highest BCUT2D eigenvalue weighted by Crippen LogP contribution is 2.29. The van der Waals surface area contributed by atoms with E-state index in [-0.39, 0.29) is 5.56 Å². The summed E-state index contributed by atoms with van der Waals surface area (Å²) < 4.78 is 0. The van der Waals surface area contributed by atoms with Gasteiger partial charge in [-0.2, -0.15) is 0 Å². The molecule has 1 heterocycles. The molecule has 0 radical (unpaired) electrons. The summed E-state index contributed by atoms with van der Waals surface area (Å²) in [5.74, 6) is -0.329. The van der Waals surface area contributed by atoms with Crippen LogP contribution in [0, 0.1) is 0 Å². The largest absolute Gasteiger partial charge is 0.478 e. The standard InChI is InChI=1S/C16H11ClN2O2/c17-13-9-11(16(20)21)5-6-14(13)19-15-12-4-2-1-3-10(12)7-8-18-15/h1-9H,(H,18,19)(H,20,21). The summed E-state index contributed by atoms with van der Waals surface area (Å²) in [4.78, 5) is 15.2. The number of halogens is 1. The molecule has 1 aromatic heterocycles. The zero-order chi connectivity index (χ0) is 14.8. The molecule has 0 aliphatic heterocycles.